The molecule has 3 unspecified atom stereocenters. The van der Waals surface area contributed by atoms with Gasteiger partial charge in [-0.2, -0.15) is 11.8 Å². The van der Waals surface area contributed by atoms with E-state index in [4.69, 9.17) is 10.5 Å². The van der Waals surface area contributed by atoms with Crippen LogP contribution in [0.3, 0.4) is 0 Å². The van der Waals surface area contributed by atoms with Gasteiger partial charge in [0.2, 0.25) is 5.91 Å². The van der Waals surface area contributed by atoms with Crippen molar-refractivity contribution in [3.63, 3.8) is 0 Å². The summed E-state index contributed by atoms with van der Waals surface area (Å²) in [6, 6.07) is -1.50. The third-order valence-corrected chi connectivity index (χ3v) is 6.78. The van der Waals surface area contributed by atoms with Crippen molar-refractivity contribution in [2.45, 2.75) is 63.2 Å². The first-order valence-corrected chi connectivity index (χ1v) is 12.0. The molecule has 0 bridgehead atoms. The van der Waals surface area contributed by atoms with Crippen LogP contribution in [0.4, 0.5) is 0 Å². The van der Waals surface area contributed by atoms with Gasteiger partial charge in [0.15, 0.2) is 5.78 Å². The second-order valence-electron chi connectivity index (χ2n) is 7.82. The number of hydrogen-bond acceptors (Lipinski definition) is 8. The molecule has 8 nitrogen and oxygen atoms in total. The lowest BCUT2D eigenvalue weighted by molar-refractivity contribution is -0.146. The van der Waals surface area contributed by atoms with Gasteiger partial charge in [-0.15, -0.1) is 0 Å². The van der Waals surface area contributed by atoms with E-state index in [0.717, 1.165) is 38.0 Å². The monoisotopic (exact) mass is 428 g/mol. The van der Waals surface area contributed by atoms with Gasteiger partial charge in [-0.1, -0.05) is 13.3 Å². The highest BCUT2D eigenvalue weighted by atomic mass is 32.2. The van der Waals surface area contributed by atoms with Gasteiger partial charge in [0.05, 0.1) is 25.7 Å². The number of carbonyl (C=O) groups excluding carboxylic acids is 3. The Morgan fingerprint density at radius 1 is 1.34 bits per heavy atom. The molecule has 166 valence electrons. The number of hydrogen-bond donors (Lipinski definition) is 3. The first kappa shape index (κ1) is 24.1. The number of ether oxygens (including phenoxy) is 1. The number of methoxy groups -OCH3 is 1. The largest absolute Gasteiger partial charge is 0.467 e. The molecule has 0 aliphatic carbocycles. The van der Waals surface area contributed by atoms with E-state index in [1.54, 1.807) is 11.8 Å². The molecule has 2 heterocycles. The zero-order valence-corrected chi connectivity index (χ0v) is 18.6. The Kier molecular flexibility index (Phi) is 9.88. The Labute approximate surface area is 178 Å². The van der Waals surface area contributed by atoms with E-state index in [1.165, 1.54) is 7.11 Å². The van der Waals surface area contributed by atoms with Crippen LogP contribution in [0.25, 0.3) is 0 Å². The Bertz CT molecular complexity index is 571. The van der Waals surface area contributed by atoms with Crippen LogP contribution in [-0.4, -0.2) is 85.5 Å². The van der Waals surface area contributed by atoms with Gasteiger partial charge in [0, 0.05) is 12.6 Å². The fraction of sp³-hybridized carbons (Fsp3) is 0.850. The number of nitrogens with two attached hydrogens (primary N) is 1. The zero-order valence-electron chi connectivity index (χ0n) is 17.8. The predicted molar refractivity (Wildman–Crippen MR) is 115 cm³/mol. The van der Waals surface area contributed by atoms with Crippen molar-refractivity contribution in [3.8, 4) is 0 Å². The van der Waals surface area contributed by atoms with E-state index in [0.29, 0.717) is 13.0 Å². The summed E-state index contributed by atoms with van der Waals surface area (Å²) in [6.07, 6.45) is 6.07. The standard InChI is InChI=1S/C20H36N4O4S/c1-4-13-7-10-24(18(16(25)12-21)14-6-5-9-22-14)17(13)19(26)23-15(8-11-29-3)20(27)28-2/h13-15,17-18,22H,4-12,21H2,1-3H3,(H,23,26)/t13-,14-,15?,17?,18?/m0/s1. The number of nitrogens with zero attached hydrogens (tertiary/aromatic N) is 1. The maximum Gasteiger partial charge on any atom is 0.328 e. The van der Waals surface area contributed by atoms with E-state index in [1.807, 2.05) is 11.2 Å². The summed E-state index contributed by atoms with van der Waals surface area (Å²) in [7, 11) is 1.33. The molecule has 1 amide bonds. The molecule has 0 saturated carbocycles. The number of ketones is 1. The van der Waals surface area contributed by atoms with Crippen LogP contribution in [-0.2, 0) is 19.1 Å². The van der Waals surface area contributed by atoms with Crippen molar-refractivity contribution < 1.29 is 19.1 Å². The summed E-state index contributed by atoms with van der Waals surface area (Å²) in [5, 5.41) is 6.32. The fourth-order valence-electron chi connectivity index (χ4n) is 4.61. The summed E-state index contributed by atoms with van der Waals surface area (Å²) in [4.78, 5) is 40.3. The highest BCUT2D eigenvalue weighted by Crippen LogP contribution is 2.32. The summed E-state index contributed by atoms with van der Waals surface area (Å²) in [5.41, 5.74) is 5.72. The number of esters is 1. The second-order valence-corrected chi connectivity index (χ2v) is 8.81. The van der Waals surface area contributed by atoms with Crippen molar-refractivity contribution in [1.29, 1.82) is 0 Å². The lowest BCUT2D eigenvalue weighted by atomic mass is 9.93. The molecule has 0 spiro atoms. The smallest absolute Gasteiger partial charge is 0.328 e. The molecule has 0 aromatic heterocycles. The molecule has 5 atom stereocenters. The van der Waals surface area contributed by atoms with Crippen LogP contribution in [0.5, 0.6) is 0 Å². The third kappa shape index (κ3) is 5.93. The van der Waals surface area contributed by atoms with Gasteiger partial charge in [-0.05, 0) is 50.2 Å². The quantitative estimate of drug-likeness (QED) is 0.399. The van der Waals surface area contributed by atoms with Crippen LogP contribution in [0.1, 0.15) is 39.0 Å². The molecule has 2 aliphatic heterocycles. The van der Waals surface area contributed by atoms with Gasteiger partial charge in [0.25, 0.3) is 0 Å². The molecule has 0 aromatic rings. The van der Waals surface area contributed by atoms with E-state index in [9.17, 15) is 14.4 Å². The Morgan fingerprint density at radius 3 is 2.66 bits per heavy atom. The van der Waals surface area contributed by atoms with Crippen LogP contribution in [0, 0.1) is 5.92 Å². The predicted octanol–water partition coefficient (Wildman–Crippen LogP) is 0.146. The molecule has 29 heavy (non-hydrogen) atoms. The number of rotatable bonds is 11. The van der Waals surface area contributed by atoms with Crippen molar-refractivity contribution in [2.24, 2.45) is 11.7 Å². The average Bonchev–Trinajstić information content (AvgIpc) is 3.40. The molecule has 9 heteroatoms. The summed E-state index contributed by atoms with van der Waals surface area (Å²) >= 11 is 1.62. The van der Waals surface area contributed by atoms with Crippen LogP contribution in [0.2, 0.25) is 0 Å². The Hall–Kier alpha value is -1.16. The second kappa shape index (κ2) is 11.9. The highest BCUT2D eigenvalue weighted by Gasteiger charge is 2.46. The number of amides is 1. The van der Waals surface area contributed by atoms with E-state index >= 15 is 0 Å². The van der Waals surface area contributed by atoms with Crippen LogP contribution in [0.15, 0.2) is 0 Å². The van der Waals surface area contributed by atoms with Gasteiger partial charge in [0.1, 0.15) is 6.04 Å². The number of nitrogens with one attached hydrogen (secondary N) is 2. The summed E-state index contributed by atoms with van der Waals surface area (Å²) < 4.78 is 4.88. The average molecular weight is 429 g/mol. The van der Waals surface area contributed by atoms with Crippen molar-refractivity contribution >= 4 is 29.4 Å². The number of likely N-dealkylation sites (tertiary alicyclic amines) is 1. The van der Waals surface area contributed by atoms with Gasteiger partial charge in [-0.3, -0.25) is 14.5 Å². The highest BCUT2D eigenvalue weighted by molar-refractivity contribution is 7.98. The normalized spacial score (nSPS) is 26.8. The molecule has 0 aromatic carbocycles. The van der Waals surface area contributed by atoms with Crippen molar-refractivity contribution in [3.05, 3.63) is 0 Å². The topological polar surface area (TPSA) is 114 Å². The number of carbonyl (C=O) groups is 3. The first-order valence-electron chi connectivity index (χ1n) is 10.6. The Morgan fingerprint density at radius 2 is 2.10 bits per heavy atom. The molecule has 2 fully saturated rings. The number of thioether (sulfide) groups is 1. The number of Topliss-reactive ketones (excluding diaryl/α,β-unsaturated/α-hetero) is 1. The molecule has 2 saturated heterocycles. The maximum atomic E-state index is 13.3. The molecular weight excluding hydrogens is 392 g/mol. The first-order chi connectivity index (χ1) is 14.0. The molecule has 2 aliphatic rings. The SMILES string of the molecule is CC[C@H]1CCN(C(C(=O)CN)[C@@H]2CCCN2)C1C(=O)NC(CCSC)C(=O)OC. The molecule has 4 N–H and O–H groups in total. The molecular formula is C20H36N4O4S. The lowest BCUT2D eigenvalue weighted by Crippen LogP contribution is -2.60. The van der Waals surface area contributed by atoms with Gasteiger partial charge in [-0.25, -0.2) is 4.79 Å². The summed E-state index contributed by atoms with van der Waals surface area (Å²) in [5.74, 6) is 0.219. The van der Waals surface area contributed by atoms with E-state index in [-0.39, 0.29) is 30.2 Å². The lowest BCUT2D eigenvalue weighted by Gasteiger charge is -2.36. The maximum absolute atomic E-state index is 13.3. The van der Waals surface area contributed by atoms with Crippen LogP contribution < -0.4 is 16.4 Å². The van der Waals surface area contributed by atoms with Gasteiger partial charge < -0.3 is 21.1 Å². The minimum Gasteiger partial charge on any atom is -0.467 e. The van der Waals surface area contributed by atoms with Gasteiger partial charge >= 0.3 is 5.97 Å². The van der Waals surface area contributed by atoms with Crippen molar-refractivity contribution in [2.75, 3.05) is 38.8 Å². The van der Waals surface area contributed by atoms with E-state index in [2.05, 4.69) is 17.6 Å². The minimum atomic E-state index is -0.673. The summed E-state index contributed by atoms with van der Waals surface area (Å²) in [6.45, 7) is 3.58. The minimum absolute atomic E-state index is 0.0184. The third-order valence-electron chi connectivity index (χ3n) is 6.14. The fourth-order valence-corrected chi connectivity index (χ4v) is 5.08. The Balaban J connectivity index is 2.23. The zero-order chi connectivity index (χ0) is 21.4. The van der Waals surface area contributed by atoms with Crippen LogP contribution >= 0.6 is 11.8 Å². The molecule has 0 radical (unpaired) electrons. The van der Waals surface area contributed by atoms with Crippen molar-refractivity contribution in [1.82, 2.24) is 15.5 Å². The molecule has 2 rings (SSSR count). The van der Waals surface area contributed by atoms with E-state index < -0.39 is 24.1 Å².